The molecule has 4 nitrogen and oxygen atoms in total. The van der Waals surface area contributed by atoms with Crippen LogP contribution in [0.1, 0.15) is 30.6 Å². The zero-order valence-electron chi connectivity index (χ0n) is 10.6. The number of aromatic nitrogens is 1. The molecule has 1 heterocycles. The van der Waals surface area contributed by atoms with Crippen LogP contribution in [-0.2, 0) is 0 Å². The van der Waals surface area contributed by atoms with Crippen molar-refractivity contribution in [1.82, 2.24) is 9.88 Å². The summed E-state index contributed by atoms with van der Waals surface area (Å²) in [6.45, 7) is 4.09. The van der Waals surface area contributed by atoms with E-state index in [2.05, 4.69) is 33.2 Å². The van der Waals surface area contributed by atoms with Crippen molar-refractivity contribution in [2.45, 2.75) is 26.3 Å². The third kappa shape index (κ3) is 3.19. The monoisotopic (exact) mass is 299 g/mol. The summed E-state index contributed by atoms with van der Waals surface area (Å²) < 4.78 is 0.803. The molecule has 94 valence electrons. The highest BCUT2D eigenvalue weighted by Gasteiger charge is 2.19. The van der Waals surface area contributed by atoms with Crippen molar-refractivity contribution in [3.63, 3.8) is 0 Å². The number of amides is 1. The van der Waals surface area contributed by atoms with E-state index in [9.17, 15) is 4.79 Å². The lowest BCUT2D eigenvalue weighted by atomic mass is 10.1. The van der Waals surface area contributed by atoms with E-state index in [4.69, 9.17) is 0 Å². The number of hydrogen-bond acceptors (Lipinski definition) is 3. The van der Waals surface area contributed by atoms with E-state index < -0.39 is 0 Å². The van der Waals surface area contributed by atoms with E-state index in [0.29, 0.717) is 11.4 Å². The molecule has 0 aromatic carbocycles. The van der Waals surface area contributed by atoms with Crippen LogP contribution in [0.15, 0.2) is 16.7 Å². The van der Waals surface area contributed by atoms with Crippen LogP contribution in [0.25, 0.3) is 0 Å². The molecule has 1 unspecified atom stereocenters. The zero-order chi connectivity index (χ0) is 13.0. The van der Waals surface area contributed by atoms with Crippen molar-refractivity contribution >= 4 is 27.7 Å². The summed E-state index contributed by atoms with van der Waals surface area (Å²) in [5.74, 6) is 0.589. The van der Waals surface area contributed by atoms with Crippen molar-refractivity contribution in [2.75, 3.05) is 19.4 Å². The van der Waals surface area contributed by atoms with Gasteiger partial charge in [-0.25, -0.2) is 4.98 Å². The Morgan fingerprint density at radius 1 is 1.65 bits per heavy atom. The van der Waals surface area contributed by atoms with E-state index in [0.717, 1.165) is 10.9 Å². The predicted molar refractivity (Wildman–Crippen MR) is 73.3 cm³/mol. The van der Waals surface area contributed by atoms with Crippen molar-refractivity contribution in [3.05, 3.63) is 22.3 Å². The molecule has 1 N–H and O–H groups in total. The average Bonchev–Trinajstić information content (AvgIpc) is 2.35. The van der Waals surface area contributed by atoms with Crippen LogP contribution in [0, 0.1) is 0 Å². The van der Waals surface area contributed by atoms with Gasteiger partial charge in [0, 0.05) is 30.8 Å². The van der Waals surface area contributed by atoms with Crippen LogP contribution in [0.4, 0.5) is 5.82 Å². The summed E-state index contributed by atoms with van der Waals surface area (Å²) in [5, 5.41) is 2.94. The topological polar surface area (TPSA) is 45.2 Å². The number of pyridine rings is 1. The maximum absolute atomic E-state index is 12.3. The van der Waals surface area contributed by atoms with E-state index in [-0.39, 0.29) is 11.9 Å². The molecule has 1 aromatic rings. The second kappa shape index (κ2) is 6.00. The summed E-state index contributed by atoms with van der Waals surface area (Å²) in [6.07, 6.45) is 2.60. The van der Waals surface area contributed by atoms with Crippen LogP contribution in [0.5, 0.6) is 0 Å². The van der Waals surface area contributed by atoms with Gasteiger partial charge < -0.3 is 10.2 Å². The first kappa shape index (κ1) is 14.0. The van der Waals surface area contributed by atoms with Gasteiger partial charge in [0.2, 0.25) is 0 Å². The minimum absolute atomic E-state index is 0.0162. The molecule has 0 saturated carbocycles. The highest BCUT2D eigenvalue weighted by Crippen LogP contribution is 2.20. The molecule has 5 heteroatoms. The first-order chi connectivity index (χ1) is 8.01. The molecule has 17 heavy (non-hydrogen) atoms. The lowest BCUT2D eigenvalue weighted by Gasteiger charge is -2.24. The Bertz CT molecular complexity index is 409. The van der Waals surface area contributed by atoms with Crippen molar-refractivity contribution in [1.29, 1.82) is 0 Å². The van der Waals surface area contributed by atoms with Crippen LogP contribution in [0.3, 0.4) is 0 Å². The Labute approximate surface area is 111 Å². The molecule has 0 aliphatic rings. The Hall–Kier alpha value is -1.10. The standard InChI is InChI=1S/C12H18BrN3O/c1-5-8(2)16(4)12(17)10-6-9(13)7-15-11(10)14-3/h6-8H,5H2,1-4H3,(H,14,15). The van der Waals surface area contributed by atoms with Gasteiger partial charge in [-0.3, -0.25) is 4.79 Å². The van der Waals surface area contributed by atoms with Crippen LogP contribution >= 0.6 is 15.9 Å². The molecule has 1 aromatic heterocycles. The third-order valence-corrected chi connectivity index (χ3v) is 3.33. The summed E-state index contributed by atoms with van der Waals surface area (Å²) in [7, 11) is 3.58. The maximum atomic E-state index is 12.3. The van der Waals surface area contributed by atoms with Gasteiger partial charge in [-0.1, -0.05) is 6.92 Å². The Morgan fingerprint density at radius 3 is 2.82 bits per heavy atom. The highest BCUT2D eigenvalue weighted by molar-refractivity contribution is 9.10. The SMILES string of the molecule is CCC(C)N(C)C(=O)c1cc(Br)cnc1NC. The van der Waals surface area contributed by atoms with Gasteiger partial charge in [0.25, 0.3) is 5.91 Å². The van der Waals surface area contributed by atoms with Gasteiger partial charge in [-0.2, -0.15) is 0 Å². The molecular weight excluding hydrogens is 282 g/mol. The Morgan fingerprint density at radius 2 is 2.29 bits per heavy atom. The molecule has 0 radical (unpaired) electrons. The Kier molecular flexibility index (Phi) is 4.93. The lowest BCUT2D eigenvalue weighted by molar-refractivity contribution is 0.0741. The van der Waals surface area contributed by atoms with E-state index >= 15 is 0 Å². The number of carbonyl (C=O) groups is 1. The maximum Gasteiger partial charge on any atom is 0.257 e. The average molecular weight is 300 g/mol. The quantitative estimate of drug-likeness (QED) is 0.930. The molecule has 0 saturated heterocycles. The van der Waals surface area contributed by atoms with Gasteiger partial charge in [0.15, 0.2) is 0 Å². The first-order valence-electron chi connectivity index (χ1n) is 5.61. The van der Waals surface area contributed by atoms with Gasteiger partial charge in [-0.05, 0) is 35.3 Å². The number of halogens is 1. The summed E-state index contributed by atoms with van der Waals surface area (Å²) in [4.78, 5) is 18.2. The second-order valence-electron chi connectivity index (χ2n) is 3.97. The molecule has 1 atom stereocenters. The number of nitrogens with one attached hydrogen (secondary N) is 1. The molecule has 0 fully saturated rings. The first-order valence-corrected chi connectivity index (χ1v) is 6.41. The fourth-order valence-electron chi connectivity index (χ4n) is 1.47. The summed E-state index contributed by atoms with van der Waals surface area (Å²) in [6, 6.07) is 2.01. The van der Waals surface area contributed by atoms with Gasteiger partial charge in [0.05, 0.1) is 5.56 Å². The fraction of sp³-hybridized carbons (Fsp3) is 0.500. The molecule has 0 aliphatic carbocycles. The van der Waals surface area contributed by atoms with Gasteiger partial charge in [-0.15, -0.1) is 0 Å². The molecule has 0 aliphatic heterocycles. The van der Waals surface area contributed by atoms with Crippen molar-refractivity contribution in [2.24, 2.45) is 0 Å². The van der Waals surface area contributed by atoms with E-state index in [1.807, 2.05) is 14.0 Å². The Balaban J connectivity index is 3.06. The normalized spacial score (nSPS) is 12.1. The third-order valence-electron chi connectivity index (χ3n) is 2.89. The fourth-order valence-corrected chi connectivity index (χ4v) is 1.80. The minimum atomic E-state index is -0.0162. The smallest absolute Gasteiger partial charge is 0.257 e. The molecule has 1 rings (SSSR count). The molecule has 0 spiro atoms. The van der Waals surface area contributed by atoms with Crippen LogP contribution in [0.2, 0.25) is 0 Å². The van der Waals surface area contributed by atoms with E-state index in [1.165, 1.54) is 0 Å². The summed E-state index contributed by atoms with van der Waals surface area (Å²) in [5.41, 5.74) is 0.588. The number of anilines is 1. The highest BCUT2D eigenvalue weighted by atomic mass is 79.9. The lowest BCUT2D eigenvalue weighted by Crippen LogP contribution is -2.35. The number of hydrogen-bond donors (Lipinski definition) is 1. The van der Waals surface area contributed by atoms with Gasteiger partial charge >= 0.3 is 0 Å². The number of nitrogens with zero attached hydrogens (tertiary/aromatic N) is 2. The predicted octanol–water partition coefficient (Wildman–Crippen LogP) is 2.76. The van der Waals surface area contributed by atoms with Crippen LogP contribution in [-0.4, -0.2) is 35.9 Å². The van der Waals surface area contributed by atoms with Crippen LogP contribution < -0.4 is 5.32 Å². The zero-order valence-corrected chi connectivity index (χ0v) is 12.2. The molecule has 1 amide bonds. The second-order valence-corrected chi connectivity index (χ2v) is 4.89. The van der Waals surface area contributed by atoms with Crippen molar-refractivity contribution in [3.8, 4) is 0 Å². The number of carbonyl (C=O) groups excluding carboxylic acids is 1. The van der Waals surface area contributed by atoms with Crippen molar-refractivity contribution < 1.29 is 4.79 Å². The molecular formula is C12H18BrN3O. The summed E-state index contributed by atoms with van der Waals surface area (Å²) >= 11 is 3.34. The minimum Gasteiger partial charge on any atom is -0.372 e. The van der Waals surface area contributed by atoms with E-state index in [1.54, 1.807) is 24.2 Å². The largest absolute Gasteiger partial charge is 0.372 e. The van der Waals surface area contributed by atoms with Gasteiger partial charge in [0.1, 0.15) is 5.82 Å². The number of rotatable bonds is 4. The molecule has 0 bridgehead atoms.